The quantitative estimate of drug-likeness (QED) is 0.624. The number of benzene rings is 1. The largest absolute Gasteiger partial charge is 0.331 e. The molecule has 0 spiro atoms. The Balaban J connectivity index is 1.87. The third kappa shape index (κ3) is 3.66. The van der Waals surface area contributed by atoms with E-state index in [9.17, 15) is 4.79 Å². The summed E-state index contributed by atoms with van der Waals surface area (Å²) in [6, 6.07) is 11.9. The summed E-state index contributed by atoms with van der Waals surface area (Å²) in [6.45, 7) is 8.97. The molecule has 25 heavy (non-hydrogen) atoms. The molecule has 3 aromatic rings. The Bertz CT molecular complexity index is 888. The highest BCUT2D eigenvalue weighted by Gasteiger charge is 2.15. The molecule has 2 heterocycles. The molecule has 0 aliphatic heterocycles. The maximum Gasteiger partial charge on any atom is 0.256 e. The lowest BCUT2D eigenvalue weighted by Crippen LogP contribution is -2.31. The first-order valence-electron chi connectivity index (χ1n) is 8.09. The molecule has 0 fully saturated rings. The van der Waals surface area contributed by atoms with Crippen LogP contribution in [0.5, 0.6) is 0 Å². The van der Waals surface area contributed by atoms with Gasteiger partial charge >= 0.3 is 0 Å². The second-order valence-electron chi connectivity index (χ2n) is 5.71. The van der Waals surface area contributed by atoms with Crippen molar-refractivity contribution >= 4 is 16.9 Å². The van der Waals surface area contributed by atoms with Gasteiger partial charge in [0.25, 0.3) is 5.91 Å². The molecule has 0 unspecified atom stereocenters. The molecule has 0 bridgehead atoms. The van der Waals surface area contributed by atoms with Gasteiger partial charge < -0.3 is 4.90 Å². The van der Waals surface area contributed by atoms with E-state index in [1.54, 1.807) is 29.4 Å². The minimum Gasteiger partial charge on any atom is -0.331 e. The fraction of sp³-hybridized carbons (Fsp3) is 0.150. The molecular formula is C20H20N4O. The van der Waals surface area contributed by atoms with Crippen molar-refractivity contribution in [3.05, 3.63) is 85.2 Å². The second kappa shape index (κ2) is 7.57. The second-order valence-corrected chi connectivity index (χ2v) is 5.71. The van der Waals surface area contributed by atoms with Gasteiger partial charge in [-0.25, -0.2) is 9.67 Å². The zero-order chi connectivity index (χ0) is 17.6. The van der Waals surface area contributed by atoms with Crippen LogP contribution in [0.4, 0.5) is 0 Å². The Morgan fingerprint density at radius 1 is 1.12 bits per heavy atom. The predicted molar refractivity (Wildman–Crippen MR) is 99.4 cm³/mol. The first kappa shape index (κ1) is 16.6. The standard InChI is InChI=1S/C20H20N4O/c1-3-10-23(11-4-2)20(25)18-12-17-14-22-24(19(17)21-13-18)15-16-8-6-5-7-9-16/h3-9,12-14H,1-2,10-11,15H2. The van der Waals surface area contributed by atoms with Crippen LogP contribution in [0.15, 0.2) is 74.1 Å². The van der Waals surface area contributed by atoms with Crippen LogP contribution in [0, 0.1) is 0 Å². The van der Waals surface area contributed by atoms with Crippen LogP contribution in [-0.4, -0.2) is 38.7 Å². The molecule has 0 radical (unpaired) electrons. The minimum atomic E-state index is -0.0926. The molecule has 0 atom stereocenters. The molecule has 2 aromatic heterocycles. The molecular weight excluding hydrogens is 312 g/mol. The molecule has 3 rings (SSSR count). The summed E-state index contributed by atoms with van der Waals surface area (Å²) < 4.78 is 1.84. The van der Waals surface area contributed by atoms with E-state index in [0.29, 0.717) is 25.2 Å². The third-order valence-corrected chi connectivity index (χ3v) is 3.88. The number of hydrogen-bond donors (Lipinski definition) is 0. The Labute approximate surface area is 146 Å². The number of nitrogens with zero attached hydrogens (tertiary/aromatic N) is 4. The van der Waals surface area contributed by atoms with E-state index in [-0.39, 0.29) is 5.91 Å². The maximum absolute atomic E-state index is 12.6. The molecule has 0 aliphatic carbocycles. The summed E-state index contributed by atoms with van der Waals surface area (Å²) >= 11 is 0. The van der Waals surface area contributed by atoms with Crippen LogP contribution in [0.3, 0.4) is 0 Å². The number of carbonyl (C=O) groups excluding carboxylic acids is 1. The Kier molecular flexibility index (Phi) is 5.04. The topological polar surface area (TPSA) is 51.0 Å². The fourth-order valence-electron chi connectivity index (χ4n) is 2.70. The van der Waals surface area contributed by atoms with Crippen molar-refractivity contribution in [1.82, 2.24) is 19.7 Å². The Morgan fingerprint density at radius 2 is 1.84 bits per heavy atom. The van der Waals surface area contributed by atoms with Crippen molar-refractivity contribution < 1.29 is 4.79 Å². The van der Waals surface area contributed by atoms with Gasteiger partial charge in [-0.1, -0.05) is 42.5 Å². The SMILES string of the molecule is C=CCN(CC=C)C(=O)c1cnc2c(cnn2Cc2ccccc2)c1. The van der Waals surface area contributed by atoms with Crippen LogP contribution in [-0.2, 0) is 6.54 Å². The number of carbonyl (C=O) groups is 1. The highest BCUT2D eigenvalue weighted by Crippen LogP contribution is 2.16. The van der Waals surface area contributed by atoms with E-state index in [0.717, 1.165) is 16.6 Å². The van der Waals surface area contributed by atoms with Crippen LogP contribution in [0.1, 0.15) is 15.9 Å². The van der Waals surface area contributed by atoms with Gasteiger partial charge in [-0.3, -0.25) is 4.79 Å². The number of aromatic nitrogens is 3. The van der Waals surface area contributed by atoms with Gasteiger partial charge in [-0.2, -0.15) is 5.10 Å². The molecule has 0 saturated carbocycles. The summed E-state index contributed by atoms with van der Waals surface area (Å²) in [7, 11) is 0. The highest BCUT2D eigenvalue weighted by molar-refractivity contribution is 5.97. The van der Waals surface area contributed by atoms with Gasteiger partial charge in [-0.15, -0.1) is 13.2 Å². The number of amides is 1. The summed E-state index contributed by atoms with van der Waals surface area (Å²) in [5, 5.41) is 5.25. The average molecular weight is 332 g/mol. The van der Waals surface area contributed by atoms with E-state index in [2.05, 4.69) is 23.2 Å². The van der Waals surface area contributed by atoms with Crippen molar-refractivity contribution in [2.75, 3.05) is 13.1 Å². The lowest BCUT2D eigenvalue weighted by molar-refractivity contribution is 0.0790. The zero-order valence-electron chi connectivity index (χ0n) is 14.0. The van der Waals surface area contributed by atoms with E-state index in [1.807, 2.05) is 41.1 Å². The van der Waals surface area contributed by atoms with Crippen molar-refractivity contribution in [2.24, 2.45) is 0 Å². The summed E-state index contributed by atoms with van der Waals surface area (Å²) in [5.74, 6) is -0.0926. The molecule has 0 N–H and O–H groups in total. The smallest absolute Gasteiger partial charge is 0.256 e. The van der Waals surface area contributed by atoms with Crippen molar-refractivity contribution in [2.45, 2.75) is 6.54 Å². The normalized spacial score (nSPS) is 10.6. The van der Waals surface area contributed by atoms with E-state index in [1.165, 1.54) is 0 Å². The molecule has 5 nitrogen and oxygen atoms in total. The van der Waals surface area contributed by atoms with Crippen LogP contribution in [0.2, 0.25) is 0 Å². The lowest BCUT2D eigenvalue weighted by Gasteiger charge is -2.19. The van der Waals surface area contributed by atoms with Crippen molar-refractivity contribution in [1.29, 1.82) is 0 Å². The van der Waals surface area contributed by atoms with Crippen LogP contribution in [0.25, 0.3) is 11.0 Å². The van der Waals surface area contributed by atoms with Gasteiger partial charge in [0, 0.05) is 24.7 Å². The zero-order valence-corrected chi connectivity index (χ0v) is 14.0. The summed E-state index contributed by atoms with van der Waals surface area (Å²) in [6.07, 6.45) is 6.75. The molecule has 1 aromatic carbocycles. The molecule has 1 amide bonds. The van der Waals surface area contributed by atoms with E-state index < -0.39 is 0 Å². The van der Waals surface area contributed by atoms with E-state index in [4.69, 9.17) is 0 Å². The van der Waals surface area contributed by atoms with Gasteiger partial charge in [-0.05, 0) is 11.6 Å². The number of pyridine rings is 1. The number of hydrogen-bond acceptors (Lipinski definition) is 3. The van der Waals surface area contributed by atoms with Gasteiger partial charge in [0.2, 0.25) is 0 Å². The Hall–Kier alpha value is -3.21. The maximum atomic E-state index is 12.6. The molecule has 0 saturated heterocycles. The van der Waals surface area contributed by atoms with E-state index >= 15 is 0 Å². The van der Waals surface area contributed by atoms with Crippen molar-refractivity contribution in [3.63, 3.8) is 0 Å². The first-order valence-corrected chi connectivity index (χ1v) is 8.09. The molecule has 0 aliphatic rings. The molecule has 5 heteroatoms. The minimum absolute atomic E-state index is 0.0926. The average Bonchev–Trinajstić information content (AvgIpc) is 3.04. The van der Waals surface area contributed by atoms with Crippen LogP contribution >= 0.6 is 0 Å². The Morgan fingerprint density at radius 3 is 2.52 bits per heavy atom. The number of fused-ring (bicyclic) bond motifs is 1. The molecule has 126 valence electrons. The summed E-state index contributed by atoms with van der Waals surface area (Å²) in [5.41, 5.74) is 2.45. The fourth-order valence-corrected chi connectivity index (χ4v) is 2.70. The monoisotopic (exact) mass is 332 g/mol. The highest BCUT2D eigenvalue weighted by atomic mass is 16.2. The van der Waals surface area contributed by atoms with Gasteiger partial charge in [0.05, 0.1) is 18.3 Å². The van der Waals surface area contributed by atoms with Crippen LogP contribution < -0.4 is 0 Å². The van der Waals surface area contributed by atoms with Gasteiger partial charge in [0.15, 0.2) is 5.65 Å². The summed E-state index contributed by atoms with van der Waals surface area (Å²) in [4.78, 5) is 18.8. The number of rotatable bonds is 7. The first-order chi connectivity index (χ1) is 12.2. The predicted octanol–water partition coefficient (Wildman–Crippen LogP) is 3.29. The third-order valence-electron chi connectivity index (χ3n) is 3.88. The van der Waals surface area contributed by atoms with Crippen molar-refractivity contribution in [3.8, 4) is 0 Å². The van der Waals surface area contributed by atoms with Gasteiger partial charge in [0.1, 0.15) is 0 Å². The lowest BCUT2D eigenvalue weighted by atomic mass is 10.2.